The van der Waals surface area contributed by atoms with Crippen molar-refractivity contribution in [3.05, 3.63) is 54.6 Å². The van der Waals surface area contributed by atoms with Crippen molar-refractivity contribution >= 4 is 11.8 Å². The number of nitrogens with two attached hydrogens (primary N) is 2. The van der Waals surface area contributed by atoms with Gasteiger partial charge in [-0.1, -0.05) is 12.1 Å². The average molecular weight is 281 g/mol. The van der Waals surface area contributed by atoms with Crippen LogP contribution in [0.25, 0.3) is 22.4 Å². The fourth-order valence-corrected chi connectivity index (χ4v) is 2.08. The maximum Gasteiger partial charge on any atom is 0.220 e. The van der Waals surface area contributed by atoms with Crippen molar-refractivity contribution in [3.63, 3.8) is 0 Å². The molecule has 0 aliphatic heterocycles. The zero-order valence-electron chi connectivity index (χ0n) is 11.0. The number of pyridine rings is 1. The molecule has 0 saturated heterocycles. The first-order chi connectivity index (χ1) is 10.1. The Labute approximate surface area is 120 Å². The minimum Gasteiger partial charge on any atom is -0.384 e. The van der Waals surface area contributed by atoms with Gasteiger partial charge >= 0.3 is 0 Å². The lowest BCUT2D eigenvalue weighted by atomic mass is 10.0. The molecule has 0 bridgehead atoms. The van der Waals surface area contributed by atoms with Crippen LogP contribution in [0.15, 0.2) is 48.8 Å². The third-order valence-corrected chi connectivity index (χ3v) is 3.00. The van der Waals surface area contributed by atoms with Gasteiger partial charge in [-0.3, -0.25) is 0 Å². The second kappa shape index (κ2) is 5.16. The molecule has 0 atom stereocenters. The monoisotopic (exact) mass is 281 g/mol. The van der Waals surface area contributed by atoms with Crippen molar-refractivity contribution in [1.82, 2.24) is 15.0 Å². The molecule has 0 fully saturated rings. The second-order valence-corrected chi connectivity index (χ2v) is 4.47. The Morgan fingerprint density at radius 1 is 0.952 bits per heavy atom. The predicted octanol–water partition coefficient (Wildman–Crippen LogP) is 2.51. The summed E-state index contributed by atoms with van der Waals surface area (Å²) in [4.78, 5) is 12.2. The van der Waals surface area contributed by atoms with E-state index >= 15 is 0 Å². The topological polar surface area (TPSA) is 90.7 Å². The summed E-state index contributed by atoms with van der Waals surface area (Å²) in [6, 6.07) is 9.65. The van der Waals surface area contributed by atoms with Crippen LogP contribution in [-0.4, -0.2) is 15.0 Å². The van der Waals surface area contributed by atoms with Crippen molar-refractivity contribution in [3.8, 4) is 22.4 Å². The third kappa shape index (κ3) is 2.64. The Morgan fingerprint density at radius 3 is 2.57 bits per heavy atom. The fraction of sp³-hybridized carbons (Fsp3) is 0. The van der Waals surface area contributed by atoms with Gasteiger partial charge < -0.3 is 11.5 Å². The summed E-state index contributed by atoms with van der Waals surface area (Å²) < 4.78 is 13.4. The van der Waals surface area contributed by atoms with Gasteiger partial charge in [-0.25, -0.2) is 19.3 Å². The van der Waals surface area contributed by atoms with Gasteiger partial charge in [0.15, 0.2) is 0 Å². The number of nitrogen functional groups attached to an aromatic ring is 2. The van der Waals surface area contributed by atoms with Crippen LogP contribution >= 0.6 is 0 Å². The highest BCUT2D eigenvalue weighted by Gasteiger charge is 2.12. The van der Waals surface area contributed by atoms with Crippen LogP contribution in [0.2, 0.25) is 0 Å². The summed E-state index contributed by atoms with van der Waals surface area (Å²) in [5, 5.41) is 0. The molecule has 0 unspecified atom stereocenters. The van der Waals surface area contributed by atoms with E-state index in [1.54, 1.807) is 36.7 Å². The lowest BCUT2D eigenvalue weighted by molar-refractivity contribution is 0.628. The summed E-state index contributed by atoms with van der Waals surface area (Å²) in [6.45, 7) is 0. The van der Waals surface area contributed by atoms with Gasteiger partial charge in [-0.15, -0.1) is 0 Å². The van der Waals surface area contributed by atoms with Crippen molar-refractivity contribution < 1.29 is 4.39 Å². The molecule has 0 saturated carbocycles. The summed E-state index contributed by atoms with van der Waals surface area (Å²) >= 11 is 0. The molecule has 5 nitrogen and oxygen atoms in total. The molecular formula is C15H12FN5. The molecule has 0 aliphatic carbocycles. The minimum absolute atomic E-state index is 0.125. The van der Waals surface area contributed by atoms with Gasteiger partial charge in [-0.05, 0) is 29.8 Å². The van der Waals surface area contributed by atoms with Crippen LogP contribution < -0.4 is 11.5 Å². The first-order valence-corrected chi connectivity index (χ1v) is 6.24. The largest absolute Gasteiger partial charge is 0.384 e. The first-order valence-electron chi connectivity index (χ1n) is 6.24. The Morgan fingerprint density at radius 2 is 1.81 bits per heavy atom. The quantitative estimate of drug-likeness (QED) is 0.753. The molecule has 0 aliphatic rings. The van der Waals surface area contributed by atoms with E-state index in [9.17, 15) is 4.39 Å². The molecule has 0 amide bonds. The Kier molecular flexibility index (Phi) is 3.19. The number of halogens is 1. The van der Waals surface area contributed by atoms with Crippen molar-refractivity contribution in [1.29, 1.82) is 0 Å². The fourth-order valence-electron chi connectivity index (χ4n) is 2.08. The highest BCUT2D eigenvalue weighted by atomic mass is 19.1. The average Bonchev–Trinajstić information content (AvgIpc) is 2.47. The Balaban J connectivity index is 2.22. The van der Waals surface area contributed by atoms with Gasteiger partial charge in [0.05, 0.1) is 5.69 Å². The van der Waals surface area contributed by atoms with Crippen LogP contribution in [0.3, 0.4) is 0 Å². The summed E-state index contributed by atoms with van der Waals surface area (Å²) in [7, 11) is 0. The van der Waals surface area contributed by atoms with Gasteiger partial charge in [0.1, 0.15) is 11.6 Å². The normalized spacial score (nSPS) is 10.5. The number of nitrogens with zero attached hydrogens (tertiary/aromatic N) is 3. The van der Waals surface area contributed by atoms with E-state index in [1.807, 2.05) is 0 Å². The Bertz CT molecular complexity index is 804. The molecule has 1 aromatic carbocycles. The van der Waals surface area contributed by atoms with E-state index < -0.39 is 0 Å². The second-order valence-electron chi connectivity index (χ2n) is 4.47. The van der Waals surface area contributed by atoms with Gasteiger partial charge in [-0.2, -0.15) is 0 Å². The molecule has 104 valence electrons. The molecule has 21 heavy (non-hydrogen) atoms. The van der Waals surface area contributed by atoms with Gasteiger partial charge in [0.25, 0.3) is 0 Å². The number of hydrogen-bond donors (Lipinski definition) is 2. The number of rotatable bonds is 2. The molecule has 0 spiro atoms. The van der Waals surface area contributed by atoms with Crippen LogP contribution in [0.4, 0.5) is 16.2 Å². The van der Waals surface area contributed by atoms with Gasteiger partial charge in [0.2, 0.25) is 5.95 Å². The van der Waals surface area contributed by atoms with E-state index in [0.29, 0.717) is 22.6 Å². The predicted molar refractivity (Wildman–Crippen MR) is 79.5 cm³/mol. The zero-order chi connectivity index (χ0) is 14.8. The lowest BCUT2D eigenvalue weighted by Crippen LogP contribution is -1.99. The minimum atomic E-state index is -0.343. The van der Waals surface area contributed by atoms with Crippen molar-refractivity contribution in [2.24, 2.45) is 0 Å². The Hall–Kier alpha value is -3.02. The van der Waals surface area contributed by atoms with Crippen LogP contribution in [-0.2, 0) is 0 Å². The third-order valence-electron chi connectivity index (χ3n) is 3.00. The maximum absolute atomic E-state index is 13.4. The zero-order valence-corrected chi connectivity index (χ0v) is 11.0. The molecule has 6 heteroatoms. The van der Waals surface area contributed by atoms with Crippen molar-refractivity contribution in [2.45, 2.75) is 0 Å². The van der Waals surface area contributed by atoms with Crippen LogP contribution in [0.1, 0.15) is 0 Å². The van der Waals surface area contributed by atoms with Crippen LogP contribution in [0.5, 0.6) is 0 Å². The molecule has 0 radical (unpaired) electrons. The van der Waals surface area contributed by atoms with Crippen LogP contribution in [0, 0.1) is 5.82 Å². The standard InChI is InChI=1S/C15H12FN5/c16-11-3-1-2-10(6-11)14-12(8-20-15(18)21-14)9-4-5-19-13(17)7-9/h1-8H,(H2,17,19)(H2,18,20,21). The number of benzene rings is 1. The molecule has 2 heterocycles. The SMILES string of the molecule is Nc1cc(-c2cnc(N)nc2-c2cccc(F)c2)ccn1. The molecule has 4 N–H and O–H groups in total. The summed E-state index contributed by atoms with van der Waals surface area (Å²) in [5.41, 5.74) is 14.0. The van der Waals surface area contributed by atoms with E-state index in [0.717, 1.165) is 5.56 Å². The first kappa shape index (κ1) is 13.0. The lowest BCUT2D eigenvalue weighted by Gasteiger charge is -2.10. The van der Waals surface area contributed by atoms with Crippen molar-refractivity contribution in [2.75, 3.05) is 11.5 Å². The summed E-state index contributed by atoms with van der Waals surface area (Å²) in [5.74, 6) is 0.166. The molecule has 3 aromatic rings. The highest BCUT2D eigenvalue weighted by Crippen LogP contribution is 2.31. The number of aromatic nitrogens is 3. The van der Waals surface area contributed by atoms with E-state index in [2.05, 4.69) is 15.0 Å². The molecule has 2 aromatic heterocycles. The van der Waals surface area contributed by atoms with Gasteiger partial charge in [0, 0.05) is 23.5 Å². The highest BCUT2D eigenvalue weighted by molar-refractivity contribution is 5.81. The van der Waals surface area contributed by atoms with E-state index in [1.165, 1.54) is 12.1 Å². The smallest absolute Gasteiger partial charge is 0.220 e. The number of anilines is 2. The maximum atomic E-state index is 13.4. The number of hydrogen-bond acceptors (Lipinski definition) is 5. The molecular weight excluding hydrogens is 269 g/mol. The van der Waals surface area contributed by atoms with E-state index in [4.69, 9.17) is 11.5 Å². The summed E-state index contributed by atoms with van der Waals surface area (Å²) in [6.07, 6.45) is 3.19. The van der Waals surface area contributed by atoms with E-state index in [-0.39, 0.29) is 11.8 Å². The molecule has 3 rings (SSSR count).